The average Bonchev–Trinajstić information content (AvgIpc) is 3.14. The SMILES string of the molecule is Br.COc1cccc(-c2ccc(N3CC4CC3CN4C)cn2)c1. The van der Waals surface area contributed by atoms with Crippen LogP contribution < -0.4 is 9.64 Å². The molecule has 4 nitrogen and oxygen atoms in total. The van der Waals surface area contributed by atoms with Crippen molar-refractivity contribution in [3.63, 3.8) is 0 Å². The van der Waals surface area contributed by atoms with E-state index in [1.54, 1.807) is 7.11 Å². The first-order chi connectivity index (χ1) is 10.7. The molecule has 2 aromatic rings. The van der Waals surface area contributed by atoms with Crippen molar-refractivity contribution in [3.8, 4) is 17.0 Å². The molecular weight excluding hydrogens is 354 g/mol. The summed E-state index contributed by atoms with van der Waals surface area (Å²) in [7, 11) is 3.92. The second-order valence-electron chi connectivity index (χ2n) is 6.27. The zero-order valence-electron chi connectivity index (χ0n) is 13.5. The van der Waals surface area contributed by atoms with Gasteiger partial charge in [-0.25, -0.2) is 0 Å². The molecular formula is C18H22BrN3O. The first-order valence-corrected chi connectivity index (χ1v) is 7.82. The van der Waals surface area contributed by atoms with E-state index in [1.807, 2.05) is 24.4 Å². The van der Waals surface area contributed by atoms with E-state index in [-0.39, 0.29) is 17.0 Å². The summed E-state index contributed by atoms with van der Waals surface area (Å²) in [4.78, 5) is 9.64. The van der Waals surface area contributed by atoms with E-state index in [4.69, 9.17) is 4.74 Å². The number of benzene rings is 1. The minimum absolute atomic E-state index is 0. The number of pyridine rings is 1. The van der Waals surface area contributed by atoms with E-state index >= 15 is 0 Å². The second-order valence-corrected chi connectivity index (χ2v) is 6.27. The predicted octanol–water partition coefficient (Wildman–Crippen LogP) is 3.23. The van der Waals surface area contributed by atoms with Crippen LogP contribution in [0.3, 0.4) is 0 Å². The highest BCUT2D eigenvalue weighted by atomic mass is 79.9. The summed E-state index contributed by atoms with van der Waals surface area (Å²) in [6, 6.07) is 13.7. The van der Waals surface area contributed by atoms with E-state index < -0.39 is 0 Å². The Morgan fingerprint density at radius 1 is 1.13 bits per heavy atom. The van der Waals surface area contributed by atoms with Crippen LogP contribution in [0, 0.1) is 0 Å². The second kappa shape index (κ2) is 6.49. The van der Waals surface area contributed by atoms with Crippen molar-refractivity contribution in [2.24, 2.45) is 0 Å². The maximum atomic E-state index is 5.28. The predicted molar refractivity (Wildman–Crippen MR) is 98.7 cm³/mol. The quantitative estimate of drug-likeness (QED) is 0.823. The molecule has 3 heterocycles. The number of methoxy groups -OCH3 is 1. The molecule has 2 bridgehead atoms. The summed E-state index contributed by atoms with van der Waals surface area (Å²) < 4.78 is 5.28. The van der Waals surface area contributed by atoms with Gasteiger partial charge in [-0.15, -0.1) is 17.0 Å². The van der Waals surface area contributed by atoms with Crippen molar-refractivity contribution in [2.75, 3.05) is 32.1 Å². The van der Waals surface area contributed by atoms with Crippen LogP contribution in [-0.4, -0.2) is 49.2 Å². The van der Waals surface area contributed by atoms with Gasteiger partial charge in [0, 0.05) is 30.7 Å². The maximum Gasteiger partial charge on any atom is 0.119 e. The van der Waals surface area contributed by atoms with Gasteiger partial charge in [0.15, 0.2) is 0 Å². The van der Waals surface area contributed by atoms with Crippen LogP contribution >= 0.6 is 17.0 Å². The van der Waals surface area contributed by atoms with Gasteiger partial charge in [-0.2, -0.15) is 0 Å². The Kier molecular flexibility index (Phi) is 4.60. The Morgan fingerprint density at radius 3 is 2.61 bits per heavy atom. The van der Waals surface area contributed by atoms with E-state index in [0.29, 0.717) is 12.1 Å². The van der Waals surface area contributed by atoms with Crippen LogP contribution in [0.1, 0.15) is 6.42 Å². The summed E-state index contributed by atoms with van der Waals surface area (Å²) >= 11 is 0. The third-order valence-corrected chi connectivity index (χ3v) is 4.96. The van der Waals surface area contributed by atoms with Crippen molar-refractivity contribution in [1.82, 2.24) is 9.88 Å². The first kappa shape index (κ1) is 16.3. The lowest BCUT2D eigenvalue weighted by Gasteiger charge is -2.33. The van der Waals surface area contributed by atoms with Gasteiger partial charge in [-0.3, -0.25) is 9.88 Å². The van der Waals surface area contributed by atoms with Gasteiger partial charge in [0.1, 0.15) is 5.75 Å². The molecule has 0 amide bonds. The molecule has 2 atom stereocenters. The van der Waals surface area contributed by atoms with Gasteiger partial charge < -0.3 is 9.64 Å². The molecule has 0 N–H and O–H groups in total. The van der Waals surface area contributed by atoms with Gasteiger partial charge in [0.05, 0.1) is 24.7 Å². The van der Waals surface area contributed by atoms with Crippen molar-refractivity contribution in [2.45, 2.75) is 18.5 Å². The first-order valence-electron chi connectivity index (χ1n) is 7.82. The number of likely N-dealkylation sites (N-methyl/N-ethyl adjacent to an activating group) is 1. The number of piperazine rings is 1. The number of likely N-dealkylation sites (tertiary alicyclic amines) is 1. The smallest absolute Gasteiger partial charge is 0.119 e. The molecule has 2 aliphatic rings. The molecule has 4 rings (SSSR count). The fourth-order valence-corrected chi connectivity index (χ4v) is 3.69. The minimum Gasteiger partial charge on any atom is -0.497 e. The molecule has 0 radical (unpaired) electrons. The molecule has 2 unspecified atom stereocenters. The molecule has 0 aliphatic carbocycles. The topological polar surface area (TPSA) is 28.6 Å². The monoisotopic (exact) mass is 375 g/mol. The van der Waals surface area contributed by atoms with Gasteiger partial charge in [0.25, 0.3) is 0 Å². The van der Waals surface area contributed by atoms with Crippen molar-refractivity contribution in [3.05, 3.63) is 42.6 Å². The Morgan fingerprint density at radius 2 is 2.00 bits per heavy atom. The standard InChI is InChI=1S/C18H21N3O.BrH/c1-20-11-16-9-15(20)12-21(16)14-6-7-18(19-10-14)13-4-3-5-17(8-13)22-2;/h3-8,10,15-16H,9,11-12H2,1-2H3;1H. The molecule has 1 aromatic carbocycles. The third kappa shape index (κ3) is 2.95. The van der Waals surface area contributed by atoms with Crippen LogP contribution in [0.25, 0.3) is 11.3 Å². The largest absolute Gasteiger partial charge is 0.497 e. The Labute approximate surface area is 147 Å². The Hall–Kier alpha value is -1.59. The van der Waals surface area contributed by atoms with Crippen molar-refractivity contribution >= 4 is 22.7 Å². The van der Waals surface area contributed by atoms with Crippen LogP contribution in [0.4, 0.5) is 5.69 Å². The molecule has 5 heteroatoms. The number of anilines is 1. The Bertz CT molecular complexity index is 674. The summed E-state index contributed by atoms with van der Waals surface area (Å²) in [5.41, 5.74) is 3.32. The van der Waals surface area contributed by atoms with E-state index in [0.717, 1.165) is 23.6 Å². The number of fused-ring (bicyclic) bond motifs is 2. The lowest BCUT2D eigenvalue weighted by molar-refractivity contribution is 0.292. The van der Waals surface area contributed by atoms with Crippen LogP contribution in [0.2, 0.25) is 0 Å². The number of hydrogen-bond acceptors (Lipinski definition) is 4. The molecule has 0 saturated carbocycles. The number of rotatable bonds is 3. The van der Waals surface area contributed by atoms with Gasteiger partial charge >= 0.3 is 0 Å². The van der Waals surface area contributed by atoms with Gasteiger partial charge in [-0.05, 0) is 37.7 Å². The highest BCUT2D eigenvalue weighted by Crippen LogP contribution is 2.34. The lowest BCUT2D eigenvalue weighted by atomic mass is 10.1. The normalized spacial score (nSPS) is 23.0. The number of aromatic nitrogens is 1. The minimum atomic E-state index is 0. The van der Waals surface area contributed by atoms with Crippen LogP contribution in [0.15, 0.2) is 42.6 Å². The van der Waals surface area contributed by atoms with Gasteiger partial charge in [0.2, 0.25) is 0 Å². The van der Waals surface area contributed by atoms with Gasteiger partial charge in [-0.1, -0.05) is 12.1 Å². The number of halogens is 1. The summed E-state index contributed by atoms with van der Waals surface area (Å²) in [6.07, 6.45) is 3.30. The number of hydrogen-bond donors (Lipinski definition) is 0. The third-order valence-electron chi connectivity index (χ3n) is 4.96. The molecule has 23 heavy (non-hydrogen) atoms. The Balaban J connectivity index is 0.00000156. The van der Waals surface area contributed by atoms with E-state index in [9.17, 15) is 0 Å². The summed E-state index contributed by atoms with van der Waals surface area (Å²) in [5, 5.41) is 0. The molecule has 122 valence electrons. The lowest BCUT2D eigenvalue weighted by Crippen LogP contribution is -2.44. The fraction of sp³-hybridized carbons (Fsp3) is 0.389. The molecule has 2 aliphatic heterocycles. The molecule has 1 aromatic heterocycles. The molecule has 2 saturated heterocycles. The van der Waals surface area contributed by atoms with Crippen molar-refractivity contribution in [1.29, 1.82) is 0 Å². The number of nitrogens with zero attached hydrogens (tertiary/aromatic N) is 3. The highest BCUT2D eigenvalue weighted by molar-refractivity contribution is 8.93. The molecule has 2 fully saturated rings. The highest BCUT2D eigenvalue weighted by Gasteiger charge is 2.41. The van der Waals surface area contributed by atoms with Crippen molar-refractivity contribution < 1.29 is 4.74 Å². The van der Waals surface area contributed by atoms with Crippen LogP contribution in [0.5, 0.6) is 5.75 Å². The number of ether oxygens (including phenoxy) is 1. The fourth-order valence-electron chi connectivity index (χ4n) is 3.69. The zero-order valence-corrected chi connectivity index (χ0v) is 15.2. The van der Waals surface area contributed by atoms with Crippen LogP contribution in [-0.2, 0) is 0 Å². The van der Waals surface area contributed by atoms with E-state index in [2.05, 4.69) is 40.0 Å². The summed E-state index contributed by atoms with van der Waals surface area (Å²) in [5.74, 6) is 0.864. The maximum absolute atomic E-state index is 5.28. The average molecular weight is 376 g/mol. The zero-order chi connectivity index (χ0) is 15.1. The van der Waals surface area contributed by atoms with E-state index in [1.165, 1.54) is 18.7 Å². The molecule has 0 spiro atoms. The summed E-state index contributed by atoms with van der Waals surface area (Å²) in [6.45, 7) is 2.30.